The van der Waals surface area contributed by atoms with E-state index in [0.29, 0.717) is 5.92 Å². The highest BCUT2D eigenvalue weighted by Gasteiger charge is 2.19. The van der Waals surface area contributed by atoms with Crippen molar-refractivity contribution in [2.24, 2.45) is 0 Å². The van der Waals surface area contributed by atoms with Crippen molar-refractivity contribution in [1.82, 2.24) is 5.32 Å². The molecule has 0 spiro atoms. The average Bonchev–Trinajstić information content (AvgIpc) is 2.52. The summed E-state index contributed by atoms with van der Waals surface area (Å²) in [6.07, 6.45) is 2.18. The summed E-state index contributed by atoms with van der Waals surface area (Å²) in [6.45, 7) is 4.14. The van der Waals surface area contributed by atoms with Gasteiger partial charge < -0.3 is 5.32 Å². The predicted molar refractivity (Wildman–Crippen MR) is 86.5 cm³/mol. The summed E-state index contributed by atoms with van der Waals surface area (Å²) in [5.74, 6) is 0.340. The Bertz CT molecular complexity index is 603. The minimum absolute atomic E-state index is 0.128. The van der Waals surface area contributed by atoms with Gasteiger partial charge in [0.15, 0.2) is 0 Å². The number of halogens is 1. The molecule has 3 rings (SSSR count). The molecule has 1 aliphatic rings. The average molecular weight is 301 g/mol. The number of benzene rings is 2. The molecular formula is C18H20FNS. The largest absolute Gasteiger partial charge is 0.317 e. The quantitative estimate of drug-likeness (QED) is 0.878. The first-order chi connectivity index (χ1) is 10.2. The Hall–Kier alpha value is -1.32. The maximum Gasteiger partial charge on any atom is 0.123 e. The van der Waals surface area contributed by atoms with Crippen LogP contribution in [0.5, 0.6) is 0 Å². The van der Waals surface area contributed by atoms with Crippen LogP contribution in [0.2, 0.25) is 0 Å². The van der Waals surface area contributed by atoms with E-state index in [0.717, 1.165) is 25.9 Å². The van der Waals surface area contributed by atoms with Crippen molar-refractivity contribution in [2.45, 2.75) is 35.5 Å². The number of rotatable bonds is 3. The molecule has 0 amide bonds. The van der Waals surface area contributed by atoms with Gasteiger partial charge in [-0.25, -0.2) is 4.39 Å². The van der Waals surface area contributed by atoms with Gasteiger partial charge in [-0.05, 0) is 74.7 Å². The highest BCUT2D eigenvalue weighted by atomic mass is 32.2. The van der Waals surface area contributed by atoms with E-state index >= 15 is 0 Å². The zero-order chi connectivity index (χ0) is 14.7. The predicted octanol–water partition coefficient (Wildman–Crippen LogP) is 4.75. The summed E-state index contributed by atoms with van der Waals surface area (Å²) in [5, 5.41) is 3.37. The van der Waals surface area contributed by atoms with Crippen LogP contribution in [0.4, 0.5) is 4.39 Å². The van der Waals surface area contributed by atoms with Gasteiger partial charge in [0.25, 0.3) is 0 Å². The van der Waals surface area contributed by atoms with Gasteiger partial charge in [-0.3, -0.25) is 0 Å². The molecule has 0 atom stereocenters. The van der Waals surface area contributed by atoms with Crippen LogP contribution >= 0.6 is 11.8 Å². The molecule has 2 aromatic carbocycles. The fraction of sp³-hybridized carbons (Fsp3) is 0.333. The zero-order valence-corrected chi connectivity index (χ0v) is 13.0. The summed E-state index contributed by atoms with van der Waals surface area (Å²) in [5.41, 5.74) is 2.43. The van der Waals surface area contributed by atoms with E-state index in [1.54, 1.807) is 23.9 Å². The van der Waals surface area contributed by atoms with Crippen molar-refractivity contribution in [2.75, 3.05) is 13.1 Å². The van der Waals surface area contributed by atoms with Gasteiger partial charge in [0.1, 0.15) is 5.82 Å². The Kier molecular flexibility index (Phi) is 4.61. The molecule has 0 unspecified atom stereocenters. The molecule has 1 N–H and O–H groups in total. The molecule has 21 heavy (non-hydrogen) atoms. The molecule has 1 heterocycles. The summed E-state index contributed by atoms with van der Waals surface area (Å²) < 4.78 is 13.7. The second-order valence-corrected chi connectivity index (χ2v) is 6.74. The molecule has 0 aliphatic carbocycles. The van der Waals surface area contributed by atoms with Crippen LogP contribution in [0.25, 0.3) is 0 Å². The van der Waals surface area contributed by atoms with Crippen LogP contribution in [-0.4, -0.2) is 13.1 Å². The molecule has 0 bridgehead atoms. The monoisotopic (exact) mass is 301 g/mol. The number of nitrogens with one attached hydrogen (secondary N) is 1. The van der Waals surface area contributed by atoms with Crippen LogP contribution in [0, 0.1) is 12.7 Å². The molecule has 3 heteroatoms. The molecule has 0 aromatic heterocycles. The fourth-order valence-corrected chi connectivity index (χ4v) is 3.80. The van der Waals surface area contributed by atoms with Crippen LogP contribution in [0.1, 0.15) is 29.9 Å². The van der Waals surface area contributed by atoms with Crippen molar-refractivity contribution in [3.63, 3.8) is 0 Å². The summed E-state index contributed by atoms with van der Waals surface area (Å²) in [7, 11) is 0. The molecular weight excluding hydrogens is 281 g/mol. The second-order valence-electron chi connectivity index (χ2n) is 5.62. The number of piperidine rings is 1. The van der Waals surface area contributed by atoms with Gasteiger partial charge in [0, 0.05) is 9.79 Å². The minimum Gasteiger partial charge on any atom is -0.317 e. The maximum absolute atomic E-state index is 13.7. The lowest BCUT2D eigenvalue weighted by Crippen LogP contribution is -2.26. The summed E-state index contributed by atoms with van der Waals surface area (Å²) in [6, 6.07) is 13.7. The van der Waals surface area contributed by atoms with Crippen molar-refractivity contribution >= 4 is 11.8 Å². The van der Waals surface area contributed by atoms with Crippen LogP contribution in [0.15, 0.2) is 52.3 Å². The van der Waals surface area contributed by atoms with Gasteiger partial charge in [0.2, 0.25) is 0 Å². The highest BCUT2D eigenvalue weighted by molar-refractivity contribution is 7.99. The SMILES string of the molecule is Cc1ccc(Sc2ccc(F)cc2C2CCNCC2)cc1. The van der Waals surface area contributed by atoms with Gasteiger partial charge in [-0.1, -0.05) is 29.5 Å². The third-order valence-electron chi connectivity index (χ3n) is 4.00. The van der Waals surface area contributed by atoms with Crippen LogP contribution in [0.3, 0.4) is 0 Å². The van der Waals surface area contributed by atoms with Crippen molar-refractivity contribution in [1.29, 1.82) is 0 Å². The van der Waals surface area contributed by atoms with E-state index in [-0.39, 0.29) is 5.82 Å². The third kappa shape index (κ3) is 3.66. The summed E-state index contributed by atoms with van der Waals surface area (Å²) in [4.78, 5) is 2.40. The van der Waals surface area contributed by atoms with Gasteiger partial charge in [-0.2, -0.15) is 0 Å². The molecule has 1 nitrogen and oxygen atoms in total. The van der Waals surface area contributed by atoms with Gasteiger partial charge in [0.05, 0.1) is 0 Å². The summed E-state index contributed by atoms with van der Waals surface area (Å²) >= 11 is 1.74. The number of hydrogen-bond acceptors (Lipinski definition) is 2. The highest BCUT2D eigenvalue weighted by Crippen LogP contribution is 2.37. The third-order valence-corrected chi connectivity index (χ3v) is 5.10. The Morgan fingerprint density at radius 2 is 1.76 bits per heavy atom. The normalized spacial score (nSPS) is 16.1. The molecule has 1 saturated heterocycles. The lowest BCUT2D eigenvalue weighted by Gasteiger charge is -2.25. The Morgan fingerprint density at radius 3 is 2.48 bits per heavy atom. The first kappa shape index (κ1) is 14.6. The van der Waals surface area contributed by atoms with E-state index in [9.17, 15) is 4.39 Å². The first-order valence-electron chi connectivity index (χ1n) is 7.47. The van der Waals surface area contributed by atoms with E-state index in [1.807, 2.05) is 6.07 Å². The minimum atomic E-state index is -0.128. The van der Waals surface area contributed by atoms with Crippen molar-refractivity contribution in [3.05, 3.63) is 59.4 Å². The van der Waals surface area contributed by atoms with Crippen LogP contribution < -0.4 is 5.32 Å². The smallest absolute Gasteiger partial charge is 0.123 e. The zero-order valence-electron chi connectivity index (χ0n) is 12.2. The first-order valence-corrected chi connectivity index (χ1v) is 8.29. The topological polar surface area (TPSA) is 12.0 Å². The van der Waals surface area contributed by atoms with Gasteiger partial charge >= 0.3 is 0 Å². The lowest BCUT2D eigenvalue weighted by atomic mass is 9.90. The standard InChI is InChI=1S/C18H20FNS/c1-13-2-5-16(6-3-13)21-18-7-4-15(19)12-17(18)14-8-10-20-11-9-14/h2-7,12,14,20H,8-11H2,1H3. The fourth-order valence-electron chi connectivity index (χ4n) is 2.80. The Balaban J connectivity index is 1.88. The second kappa shape index (κ2) is 6.63. The number of hydrogen-bond donors (Lipinski definition) is 1. The van der Waals surface area contributed by atoms with Gasteiger partial charge in [-0.15, -0.1) is 0 Å². The molecule has 0 saturated carbocycles. The van der Waals surface area contributed by atoms with Crippen molar-refractivity contribution in [3.8, 4) is 0 Å². The Morgan fingerprint density at radius 1 is 1.05 bits per heavy atom. The molecule has 1 aliphatic heterocycles. The van der Waals surface area contributed by atoms with Crippen molar-refractivity contribution < 1.29 is 4.39 Å². The lowest BCUT2D eigenvalue weighted by molar-refractivity contribution is 0.454. The van der Waals surface area contributed by atoms with E-state index < -0.39 is 0 Å². The molecule has 1 fully saturated rings. The van der Waals surface area contributed by atoms with E-state index in [4.69, 9.17) is 0 Å². The van der Waals surface area contributed by atoms with E-state index in [1.165, 1.54) is 20.9 Å². The molecule has 110 valence electrons. The van der Waals surface area contributed by atoms with E-state index in [2.05, 4.69) is 36.5 Å². The maximum atomic E-state index is 13.7. The Labute approximate surface area is 130 Å². The van der Waals surface area contributed by atoms with Crippen LogP contribution in [-0.2, 0) is 0 Å². The number of aryl methyl sites for hydroxylation is 1. The molecule has 0 radical (unpaired) electrons. The molecule has 2 aromatic rings.